The van der Waals surface area contributed by atoms with Gasteiger partial charge in [0, 0.05) is 5.57 Å². The minimum absolute atomic E-state index is 0.154. The highest BCUT2D eigenvalue weighted by Crippen LogP contribution is 2.27. The monoisotopic (exact) mass is 277 g/mol. The molecule has 0 spiro atoms. The van der Waals surface area contributed by atoms with Crippen LogP contribution in [0.15, 0.2) is 60.2 Å². The molecule has 0 bridgehead atoms. The molecule has 0 radical (unpaired) electrons. The van der Waals surface area contributed by atoms with E-state index in [9.17, 15) is 9.59 Å². The molecule has 0 saturated carbocycles. The van der Waals surface area contributed by atoms with Crippen LogP contribution in [-0.2, 0) is 9.59 Å². The van der Waals surface area contributed by atoms with Crippen molar-refractivity contribution < 1.29 is 9.59 Å². The molecule has 0 unspecified atom stereocenters. The summed E-state index contributed by atoms with van der Waals surface area (Å²) in [6, 6.07) is 16.9. The van der Waals surface area contributed by atoms with Gasteiger partial charge in [0.2, 0.25) is 5.91 Å². The van der Waals surface area contributed by atoms with Gasteiger partial charge in [-0.1, -0.05) is 48.0 Å². The molecular weight excluding hydrogens is 262 g/mol. The fourth-order valence-corrected chi connectivity index (χ4v) is 2.49. The van der Waals surface area contributed by atoms with E-state index >= 15 is 0 Å². The number of hydrogen-bond acceptors (Lipinski definition) is 2. The first-order valence-corrected chi connectivity index (χ1v) is 6.85. The molecule has 1 heterocycles. The number of carbonyl (C=O) groups is 2. The third-order valence-electron chi connectivity index (χ3n) is 3.47. The van der Waals surface area contributed by atoms with Crippen LogP contribution in [-0.4, -0.2) is 11.8 Å². The van der Waals surface area contributed by atoms with Crippen molar-refractivity contribution in [3.05, 3.63) is 71.3 Å². The van der Waals surface area contributed by atoms with Crippen molar-refractivity contribution in [3.63, 3.8) is 0 Å². The maximum Gasteiger partial charge on any atom is 0.261 e. The molecule has 1 aliphatic rings. The zero-order valence-electron chi connectivity index (χ0n) is 11.7. The number of rotatable bonds is 2. The predicted octanol–water partition coefficient (Wildman–Crippen LogP) is 3.34. The Balaban J connectivity index is 1.94. The maximum absolute atomic E-state index is 12.4. The lowest BCUT2D eigenvalue weighted by Crippen LogP contribution is -2.28. The Hall–Kier alpha value is -2.68. The second kappa shape index (κ2) is 5.37. The fraction of sp³-hybridized carbons (Fsp3) is 0.111. The summed E-state index contributed by atoms with van der Waals surface area (Å²) in [5, 5.41) is 0. The average Bonchev–Trinajstić information content (AvgIpc) is 2.74. The molecule has 0 aliphatic carbocycles. The summed E-state index contributed by atoms with van der Waals surface area (Å²) in [4.78, 5) is 25.8. The number of anilines is 1. The first-order chi connectivity index (χ1) is 10.1. The summed E-state index contributed by atoms with van der Waals surface area (Å²) in [6.45, 7) is 2.00. The summed E-state index contributed by atoms with van der Waals surface area (Å²) in [6.07, 6.45) is 1.96. The Morgan fingerprint density at radius 2 is 1.76 bits per heavy atom. The lowest BCUT2D eigenvalue weighted by Gasteiger charge is -2.12. The normalized spacial score (nSPS) is 16.8. The van der Waals surface area contributed by atoms with Crippen LogP contribution in [0, 0.1) is 6.92 Å². The van der Waals surface area contributed by atoms with Crippen molar-refractivity contribution in [1.82, 2.24) is 0 Å². The van der Waals surface area contributed by atoms with Crippen molar-refractivity contribution in [3.8, 4) is 0 Å². The molecule has 0 aromatic heterocycles. The Labute approximate surface area is 123 Å². The van der Waals surface area contributed by atoms with Gasteiger partial charge in [0.1, 0.15) is 0 Å². The minimum Gasteiger partial charge on any atom is -0.274 e. The maximum atomic E-state index is 12.4. The Bertz CT molecular complexity index is 732. The van der Waals surface area contributed by atoms with E-state index in [1.165, 1.54) is 4.90 Å². The summed E-state index contributed by atoms with van der Waals surface area (Å²) < 4.78 is 0. The van der Waals surface area contributed by atoms with Gasteiger partial charge in [0.05, 0.1) is 12.1 Å². The predicted molar refractivity (Wildman–Crippen MR) is 82.7 cm³/mol. The van der Waals surface area contributed by atoms with E-state index < -0.39 is 0 Å². The van der Waals surface area contributed by atoms with Crippen LogP contribution in [0.1, 0.15) is 17.5 Å². The number of nitrogens with zero attached hydrogens (tertiary/aromatic N) is 1. The summed E-state index contributed by atoms with van der Waals surface area (Å²) in [7, 11) is 0. The van der Waals surface area contributed by atoms with Gasteiger partial charge in [-0.15, -0.1) is 0 Å². The van der Waals surface area contributed by atoms with E-state index in [1.807, 2.05) is 49.4 Å². The summed E-state index contributed by atoms with van der Waals surface area (Å²) in [5.74, 6) is -0.405. The molecule has 2 aromatic carbocycles. The average molecular weight is 277 g/mol. The number of carbonyl (C=O) groups excluding carboxylic acids is 2. The Kier molecular flexibility index (Phi) is 3.40. The highest BCUT2D eigenvalue weighted by Gasteiger charge is 2.34. The highest BCUT2D eigenvalue weighted by molar-refractivity contribution is 6.29. The SMILES string of the molecule is Cc1cccc(/C=C2\CC(=O)N(c3ccccc3)C2=O)c1. The first kappa shape index (κ1) is 13.3. The van der Waals surface area contributed by atoms with Crippen LogP contribution in [0.2, 0.25) is 0 Å². The summed E-state index contributed by atoms with van der Waals surface area (Å²) >= 11 is 0. The molecule has 1 fully saturated rings. The van der Waals surface area contributed by atoms with E-state index in [1.54, 1.807) is 18.2 Å². The van der Waals surface area contributed by atoms with Crippen molar-refractivity contribution in [2.45, 2.75) is 13.3 Å². The van der Waals surface area contributed by atoms with Gasteiger partial charge < -0.3 is 0 Å². The van der Waals surface area contributed by atoms with E-state index in [0.29, 0.717) is 11.3 Å². The van der Waals surface area contributed by atoms with Crippen LogP contribution in [0.5, 0.6) is 0 Å². The molecule has 3 nitrogen and oxygen atoms in total. The second-order valence-corrected chi connectivity index (χ2v) is 5.13. The van der Waals surface area contributed by atoms with Crippen LogP contribution in [0.3, 0.4) is 0 Å². The van der Waals surface area contributed by atoms with Crippen LogP contribution in [0.25, 0.3) is 6.08 Å². The fourth-order valence-electron chi connectivity index (χ4n) is 2.49. The van der Waals surface area contributed by atoms with Crippen molar-refractivity contribution in [1.29, 1.82) is 0 Å². The van der Waals surface area contributed by atoms with Crippen LogP contribution < -0.4 is 4.90 Å². The molecular formula is C18H15NO2. The van der Waals surface area contributed by atoms with Gasteiger partial charge in [-0.3, -0.25) is 9.59 Å². The van der Waals surface area contributed by atoms with E-state index in [4.69, 9.17) is 0 Å². The molecule has 0 atom stereocenters. The van der Waals surface area contributed by atoms with Gasteiger partial charge >= 0.3 is 0 Å². The molecule has 2 amide bonds. The molecule has 2 aromatic rings. The number of hydrogen-bond donors (Lipinski definition) is 0. The van der Waals surface area contributed by atoms with Gasteiger partial charge in [-0.2, -0.15) is 0 Å². The Morgan fingerprint density at radius 1 is 1.00 bits per heavy atom. The van der Waals surface area contributed by atoms with Gasteiger partial charge in [-0.05, 0) is 30.7 Å². The molecule has 0 N–H and O–H groups in total. The van der Waals surface area contributed by atoms with Crippen molar-refractivity contribution >= 4 is 23.6 Å². The minimum atomic E-state index is -0.229. The van der Waals surface area contributed by atoms with E-state index in [0.717, 1.165) is 11.1 Å². The standard InChI is InChI=1S/C18H15NO2/c1-13-6-5-7-14(10-13)11-15-12-17(20)19(18(15)21)16-8-3-2-4-9-16/h2-11H,12H2,1H3/b15-11+. The van der Waals surface area contributed by atoms with Gasteiger partial charge in [0.15, 0.2) is 0 Å². The van der Waals surface area contributed by atoms with Crippen LogP contribution >= 0.6 is 0 Å². The molecule has 1 aliphatic heterocycles. The quantitative estimate of drug-likeness (QED) is 0.623. The van der Waals surface area contributed by atoms with E-state index in [2.05, 4.69) is 0 Å². The van der Waals surface area contributed by atoms with Gasteiger partial charge in [0.25, 0.3) is 5.91 Å². The zero-order valence-corrected chi connectivity index (χ0v) is 11.7. The zero-order chi connectivity index (χ0) is 14.8. The smallest absolute Gasteiger partial charge is 0.261 e. The topological polar surface area (TPSA) is 37.4 Å². The van der Waals surface area contributed by atoms with Crippen LogP contribution in [0.4, 0.5) is 5.69 Å². The lowest BCUT2D eigenvalue weighted by atomic mass is 10.1. The number of amides is 2. The second-order valence-electron chi connectivity index (χ2n) is 5.13. The molecule has 3 rings (SSSR count). The first-order valence-electron chi connectivity index (χ1n) is 6.85. The Morgan fingerprint density at radius 3 is 2.48 bits per heavy atom. The number of benzene rings is 2. The molecule has 3 heteroatoms. The highest BCUT2D eigenvalue weighted by atomic mass is 16.2. The number of para-hydroxylation sites is 1. The largest absolute Gasteiger partial charge is 0.274 e. The molecule has 1 saturated heterocycles. The third kappa shape index (κ3) is 2.63. The molecule has 21 heavy (non-hydrogen) atoms. The van der Waals surface area contributed by atoms with E-state index in [-0.39, 0.29) is 18.2 Å². The lowest BCUT2D eigenvalue weighted by molar-refractivity contribution is -0.120. The third-order valence-corrected chi connectivity index (χ3v) is 3.47. The molecule has 104 valence electrons. The van der Waals surface area contributed by atoms with Gasteiger partial charge in [-0.25, -0.2) is 4.90 Å². The van der Waals surface area contributed by atoms with Crippen molar-refractivity contribution in [2.75, 3.05) is 4.90 Å². The number of imide groups is 1. The van der Waals surface area contributed by atoms with Crippen molar-refractivity contribution in [2.24, 2.45) is 0 Å². The number of aryl methyl sites for hydroxylation is 1. The summed E-state index contributed by atoms with van der Waals surface area (Å²) in [5.41, 5.74) is 3.23.